The number of nitrogens with one attached hydrogen (secondary N) is 1. The Morgan fingerprint density at radius 1 is 1.10 bits per heavy atom. The molecular formula is C15H19N3O2. The number of hydrogen-bond donors (Lipinski definition) is 3. The van der Waals surface area contributed by atoms with Gasteiger partial charge in [0, 0.05) is 11.3 Å². The summed E-state index contributed by atoms with van der Waals surface area (Å²) in [4.78, 5) is 8.31. The second-order valence-corrected chi connectivity index (χ2v) is 4.90. The number of aromatic hydroxyl groups is 1. The Morgan fingerprint density at radius 2 is 1.75 bits per heavy atom. The fourth-order valence-corrected chi connectivity index (χ4v) is 1.94. The predicted molar refractivity (Wildman–Crippen MR) is 77.7 cm³/mol. The van der Waals surface area contributed by atoms with Gasteiger partial charge in [0.25, 0.3) is 0 Å². The molecule has 5 heteroatoms. The summed E-state index contributed by atoms with van der Waals surface area (Å²) in [7, 11) is 0. The first kappa shape index (κ1) is 14.3. The first-order valence-electron chi connectivity index (χ1n) is 6.50. The van der Waals surface area contributed by atoms with E-state index >= 15 is 0 Å². The number of aliphatic hydroxyl groups excluding tert-OH is 1. The van der Waals surface area contributed by atoms with E-state index in [-0.39, 0.29) is 11.8 Å². The summed E-state index contributed by atoms with van der Waals surface area (Å²) >= 11 is 0. The standard InChI is InChI=1S/C15H19N3O2/c1-9-10(2)16-8-17-15(9)18-11(3)14(20)12-4-6-13(19)7-5-12/h4-8,11,14,19-20H,1-3H3,(H,16,17,18)/t11-,14-/m1/s1. The van der Waals surface area contributed by atoms with Gasteiger partial charge in [-0.15, -0.1) is 0 Å². The fourth-order valence-electron chi connectivity index (χ4n) is 1.94. The van der Waals surface area contributed by atoms with E-state index in [4.69, 9.17) is 0 Å². The quantitative estimate of drug-likeness (QED) is 0.797. The van der Waals surface area contributed by atoms with Crippen LogP contribution in [0.15, 0.2) is 30.6 Å². The number of aliphatic hydroxyl groups is 1. The average molecular weight is 273 g/mol. The van der Waals surface area contributed by atoms with E-state index in [1.54, 1.807) is 24.3 Å². The number of phenolic OH excluding ortho intramolecular Hbond substituents is 1. The van der Waals surface area contributed by atoms with E-state index in [9.17, 15) is 10.2 Å². The Balaban J connectivity index is 2.13. The summed E-state index contributed by atoms with van der Waals surface area (Å²) in [6, 6.07) is 6.32. The van der Waals surface area contributed by atoms with Crippen molar-refractivity contribution < 1.29 is 10.2 Å². The van der Waals surface area contributed by atoms with Gasteiger partial charge in [-0.25, -0.2) is 9.97 Å². The fraction of sp³-hybridized carbons (Fsp3) is 0.333. The van der Waals surface area contributed by atoms with E-state index in [0.29, 0.717) is 0 Å². The predicted octanol–water partition coefficient (Wildman–Crippen LogP) is 2.33. The highest BCUT2D eigenvalue weighted by atomic mass is 16.3. The third kappa shape index (κ3) is 3.05. The van der Waals surface area contributed by atoms with Crippen molar-refractivity contribution in [2.24, 2.45) is 0 Å². The van der Waals surface area contributed by atoms with Gasteiger partial charge in [-0.05, 0) is 38.5 Å². The van der Waals surface area contributed by atoms with Crippen LogP contribution in [0.2, 0.25) is 0 Å². The monoisotopic (exact) mass is 273 g/mol. The van der Waals surface area contributed by atoms with Crippen molar-refractivity contribution in [1.82, 2.24) is 9.97 Å². The Morgan fingerprint density at radius 3 is 2.40 bits per heavy atom. The van der Waals surface area contributed by atoms with E-state index < -0.39 is 6.10 Å². The number of aryl methyl sites for hydroxylation is 1. The molecule has 0 aliphatic rings. The molecular weight excluding hydrogens is 254 g/mol. The summed E-state index contributed by atoms with van der Waals surface area (Å²) in [5.41, 5.74) is 2.62. The minimum absolute atomic E-state index is 0.184. The van der Waals surface area contributed by atoms with E-state index in [1.165, 1.54) is 6.33 Å². The van der Waals surface area contributed by atoms with Crippen molar-refractivity contribution in [3.63, 3.8) is 0 Å². The molecule has 0 aliphatic carbocycles. The van der Waals surface area contributed by atoms with Gasteiger partial charge in [0.05, 0.1) is 12.1 Å². The molecule has 20 heavy (non-hydrogen) atoms. The van der Waals surface area contributed by atoms with Crippen molar-refractivity contribution in [3.8, 4) is 5.75 Å². The van der Waals surface area contributed by atoms with Crippen molar-refractivity contribution in [1.29, 1.82) is 0 Å². The highest BCUT2D eigenvalue weighted by Gasteiger charge is 2.17. The topological polar surface area (TPSA) is 78.3 Å². The van der Waals surface area contributed by atoms with Gasteiger partial charge in [0.1, 0.15) is 17.9 Å². The van der Waals surface area contributed by atoms with Crippen molar-refractivity contribution in [3.05, 3.63) is 47.4 Å². The second-order valence-electron chi connectivity index (χ2n) is 4.90. The third-order valence-electron chi connectivity index (χ3n) is 3.41. The first-order valence-corrected chi connectivity index (χ1v) is 6.50. The van der Waals surface area contributed by atoms with Gasteiger partial charge >= 0.3 is 0 Å². The lowest BCUT2D eigenvalue weighted by Gasteiger charge is -2.22. The van der Waals surface area contributed by atoms with Crippen LogP contribution in [-0.2, 0) is 0 Å². The first-order chi connectivity index (χ1) is 9.49. The van der Waals surface area contributed by atoms with Crippen LogP contribution in [0.3, 0.4) is 0 Å². The maximum atomic E-state index is 10.3. The molecule has 106 valence electrons. The van der Waals surface area contributed by atoms with Crippen molar-refractivity contribution in [2.75, 3.05) is 5.32 Å². The van der Waals surface area contributed by atoms with Crippen LogP contribution in [0.1, 0.15) is 29.8 Å². The summed E-state index contributed by atoms with van der Waals surface area (Å²) in [6.07, 6.45) is 0.815. The number of hydrogen-bond acceptors (Lipinski definition) is 5. The molecule has 1 aromatic heterocycles. The van der Waals surface area contributed by atoms with Crippen LogP contribution in [0.5, 0.6) is 5.75 Å². The number of benzene rings is 1. The molecule has 3 N–H and O–H groups in total. The molecule has 1 aromatic carbocycles. The van der Waals surface area contributed by atoms with Gasteiger partial charge in [-0.1, -0.05) is 12.1 Å². The minimum atomic E-state index is -0.690. The number of rotatable bonds is 4. The molecule has 0 unspecified atom stereocenters. The zero-order valence-corrected chi connectivity index (χ0v) is 11.8. The zero-order valence-electron chi connectivity index (χ0n) is 11.8. The maximum Gasteiger partial charge on any atom is 0.132 e. The zero-order chi connectivity index (χ0) is 14.7. The highest BCUT2D eigenvalue weighted by molar-refractivity contribution is 5.45. The molecule has 0 radical (unpaired) electrons. The second kappa shape index (κ2) is 5.88. The summed E-state index contributed by atoms with van der Waals surface area (Å²) in [6.45, 7) is 5.75. The number of phenols is 1. The lowest BCUT2D eigenvalue weighted by molar-refractivity contribution is 0.160. The minimum Gasteiger partial charge on any atom is -0.508 e. The molecule has 0 spiro atoms. The summed E-state index contributed by atoms with van der Waals surface area (Å²) in [5.74, 6) is 0.909. The van der Waals surface area contributed by atoms with Gasteiger partial charge in [0.15, 0.2) is 0 Å². The lowest BCUT2D eigenvalue weighted by atomic mass is 10.0. The largest absolute Gasteiger partial charge is 0.508 e. The Bertz CT molecular complexity index is 584. The molecule has 0 saturated carbocycles. The molecule has 2 rings (SSSR count). The van der Waals surface area contributed by atoms with Crippen molar-refractivity contribution >= 4 is 5.82 Å². The van der Waals surface area contributed by atoms with Gasteiger partial charge in [0.2, 0.25) is 0 Å². The van der Waals surface area contributed by atoms with Crippen LogP contribution in [-0.4, -0.2) is 26.2 Å². The van der Waals surface area contributed by atoms with Crippen LogP contribution >= 0.6 is 0 Å². The van der Waals surface area contributed by atoms with Crippen LogP contribution < -0.4 is 5.32 Å². The van der Waals surface area contributed by atoms with Crippen molar-refractivity contribution in [2.45, 2.75) is 32.9 Å². The smallest absolute Gasteiger partial charge is 0.132 e. The molecule has 0 saturated heterocycles. The third-order valence-corrected chi connectivity index (χ3v) is 3.41. The van der Waals surface area contributed by atoms with E-state index in [0.717, 1.165) is 22.6 Å². The summed E-state index contributed by atoms with van der Waals surface area (Å²) in [5, 5.41) is 22.8. The molecule has 0 fully saturated rings. The molecule has 0 aliphatic heterocycles. The van der Waals surface area contributed by atoms with E-state index in [1.807, 2.05) is 20.8 Å². The number of anilines is 1. The van der Waals surface area contributed by atoms with Crippen LogP contribution in [0.25, 0.3) is 0 Å². The van der Waals surface area contributed by atoms with Gasteiger partial charge < -0.3 is 15.5 Å². The van der Waals surface area contributed by atoms with Gasteiger partial charge in [-0.2, -0.15) is 0 Å². The molecule has 2 atom stereocenters. The lowest BCUT2D eigenvalue weighted by Crippen LogP contribution is -2.25. The molecule has 0 bridgehead atoms. The average Bonchev–Trinajstić information content (AvgIpc) is 2.44. The number of aromatic nitrogens is 2. The molecule has 2 aromatic rings. The summed E-state index contributed by atoms with van der Waals surface area (Å²) < 4.78 is 0. The normalized spacial score (nSPS) is 13.8. The SMILES string of the molecule is Cc1ncnc(N[C@H](C)[C@@H](O)c2ccc(O)cc2)c1C. The Kier molecular flexibility index (Phi) is 4.20. The maximum absolute atomic E-state index is 10.3. The Hall–Kier alpha value is -2.14. The number of nitrogens with zero attached hydrogens (tertiary/aromatic N) is 2. The molecule has 5 nitrogen and oxygen atoms in total. The Labute approximate surface area is 118 Å². The van der Waals surface area contributed by atoms with Gasteiger partial charge in [-0.3, -0.25) is 0 Å². The van der Waals surface area contributed by atoms with E-state index in [2.05, 4.69) is 15.3 Å². The molecule has 1 heterocycles. The van der Waals surface area contributed by atoms with Crippen LogP contribution in [0.4, 0.5) is 5.82 Å². The highest BCUT2D eigenvalue weighted by Crippen LogP contribution is 2.23. The van der Waals surface area contributed by atoms with Crippen LogP contribution in [0, 0.1) is 13.8 Å². The molecule has 0 amide bonds.